The minimum atomic E-state index is 0.306. The third kappa shape index (κ3) is 4.69. The monoisotopic (exact) mass is 278 g/mol. The van der Waals surface area contributed by atoms with E-state index >= 15 is 0 Å². The minimum absolute atomic E-state index is 0.306. The fourth-order valence-electron chi connectivity index (χ4n) is 2.54. The van der Waals surface area contributed by atoms with Gasteiger partial charge in [-0.3, -0.25) is 0 Å². The summed E-state index contributed by atoms with van der Waals surface area (Å²) in [5.41, 5.74) is 7.26. The van der Waals surface area contributed by atoms with Crippen molar-refractivity contribution in [2.75, 3.05) is 38.3 Å². The maximum Gasteiger partial charge on any atom is 0.119 e. The number of anilines is 1. The van der Waals surface area contributed by atoms with Gasteiger partial charge < -0.3 is 20.1 Å². The molecule has 0 spiro atoms. The molecule has 1 aliphatic heterocycles. The Morgan fingerprint density at radius 1 is 1.20 bits per heavy atom. The topological polar surface area (TPSA) is 47.7 Å². The van der Waals surface area contributed by atoms with Crippen LogP contribution in [-0.2, 0) is 4.74 Å². The third-order valence-electron chi connectivity index (χ3n) is 3.67. The van der Waals surface area contributed by atoms with E-state index in [4.69, 9.17) is 15.2 Å². The van der Waals surface area contributed by atoms with E-state index in [1.165, 1.54) is 12.1 Å². The van der Waals surface area contributed by atoms with E-state index in [9.17, 15) is 0 Å². The van der Waals surface area contributed by atoms with Gasteiger partial charge in [-0.25, -0.2) is 0 Å². The highest BCUT2D eigenvalue weighted by Gasteiger charge is 2.16. The van der Waals surface area contributed by atoms with Crippen LogP contribution in [0.3, 0.4) is 0 Å². The molecule has 2 N–H and O–H groups in total. The number of hydrogen-bond acceptors (Lipinski definition) is 4. The van der Waals surface area contributed by atoms with Crippen molar-refractivity contribution in [1.82, 2.24) is 0 Å². The van der Waals surface area contributed by atoms with E-state index in [1.807, 2.05) is 12.1 Å². The molecule has 0 aliphatic carbocycles. The van der Waals surface area contributed by atoms with Crippen LogP contribution in [0.1, 0.15) is 25.7 Å². The van der Waals surface area contributed by atoms with Gasteiger partial charge in [0.25, 0.3) is 0 Å². The highest BCUT2D eigenvalue weighted by molar-refractivity contribution is 5.49. The first kappa shape index (κ1) is 15.1. The van der Waals surface area contributed by atoms with E-state index in [-0.39, 0.29) is 0 Å². The van der Waals surface area contributed by atoms with Gasteiger partial charge in [-0.1, -0.05) is 0 Å². The van der Waals surface area contributed by atoms with E-state index in [0.717, 1.165) is 51.3 Å². The second-order valence-electron chi connectivity index (χ2n) is 5.39. The maximum absolute atomic E-state index is 6.02. The summed E-state index contributed by atoms with van der Waals surface area (Å²) in [5.74, 6) is 0.937. The zero-order valence-electron chi connectivity index (χ0n) is 12.4. The fourth-order valence-corrected chi connectivity index (χ4v) is 2.54. The highest BCUT2D eigenvalue weighted by Crippen LogP contribution is 2.22. The summed E-state index contributed by atoms with van der Waals surface area (Å²) in [4.78, 5) is 2.36. The summed E-state index contributed by atoms with van der Waals surface area (Å²) >= 11 is 0. The molecule has 1 aromatic rings. The maximum atomic E-state index is 6.02. The van der Waals surface area contributed by atoms with Gasteiger partial charge in [-0.2, -0.15) is 0 Å². The van der Waals surface area contributed by atoms with Crippen LogP contribution in [0.2, 0.25) is 0 Å². The average molecular weight is 278 g/mol. The highest BCUT2D eigenvalue weighted by atomic mass is 16.5. The minimum Gasteiger partial charge on any atom is -0.494 e. The molecule has 112 valence electrons. The second-order valence-corrected chi connectivity index (χ2v) is 5.39. The van der Waals surface area contributed by atoms with Crippen LogP contribution in [0.4, 0.5) is 5.69 Å². The van der Waals surface area contributed by atoms with Crippen molar-refractivity contribution in [2.24, 2.45) is 5.73 Å². The summed E-state index contributed by atoms with van der Waals surface area (Å²) in [6.07, 6.45) is 4.38. The largest absolute Gasteiger partial charge is 0.494 e. The van der Waals surface area contributed by atoms with Crippen molar-refractivity contribution in [3.8, 4) is 5.75 Å². The fraction of sp³-hybridized carbons (Fsp3) is 0.625. The van der Waals surface area contributed by atoms with Crippen molar-refractivity contribution in [1.29, 1.82) is 0 Å². The molecule has 20 heavy (non-hydrogen) atoms. The molecule has 4 heteroatoms. The zero-order chi connectivity index (χ0) is 14.2. The number of ether oxygens (including phenoxy) is 2. The van der Waals surface area contributed by atoms with Gasteiger partial charge in [0, 0.05) is 38.5 Å². The number of nitrogens with zero attached hydrogens (tertiary/aromatic N) is 1. The first-order valence-electron chi connectivity index (χ1n) is 7.52. The molecule has 1 atom stereocenters. The smallest absolute Gasteiger partial charge is 0.119 e. The van der Waals surface area contributed by atoms with Crippen LogP contribution in [0.25, 0.3) is 0 Å². The van der Waals surface area contributed by atoms with E-state index in [1.54, 1.807) is 7.11 Å². The Morgan fingerprint density at radius 2 is 1.95 bits per heavy atom. The SMILES string of the molecule is COCCCCOc1ccc(N2CCCC(N)C2)cc1. The molecule has 1 unspecified atom stereocenters. The molecule has 0 aromatic heterocycles. The van der Waals surface area contributed by atoms with Gasteiger partial charge >= 0.3 is 0 Å². The molecule has 2 rings (SSSR count). The Morgan fingerprint density at radius 3 is 2.65 bits per heavy atom. The van der Waals surface area contributed by atoms with Crippen molar-refractivity contribution in [3.63, 3.8) is 0 Å². The Kier molecular flexibility index (Phi) is 6.15. The molecule has 1 aromatic carbocycles. The number of methoxy groups -OCH3 is 1. The molecular weight excluding hydrogens is 252 g/mol. The third-order valence-corrected chi connectivity index (χ3v) is 3.67. The first-order chi connectivity index (χ1) is 9.79. The summed E-state index contributed by atoms with van der Waals surface area (Å²) in [6, 6.07) is 8.66. The van der Waals surface area contributed by atoms with Crippen molar-refractivity contribution >= 4 is 5.69 Å². The molecule has 0 bridgehead atoms. The molecule has 1 fully saturated rings. The summed E-state index contributed by atoms with van der Waals surface area (Å²) in [7, 11) is 1.73. The van der Waals surface area contributed by atoms with E-state index < -0.39 is 0 Å². The summed E-state index contributed by atoms with van der Waals surface area (Å²) < 4.78 is 10.7. The second kappa shape index (κ2) is 8.12. The Hall–Kier alpha value is -1.26. The Labute approximate surface area is 121 Å². The van der Waals surface area contributed by atoms with Crippen molar-refractivity contribution < 1.29 is 9.47 Å². The molecule has 0 saturated carbocycles. The molecule has 1 heterocycles. The van der Waals surface area contributed by atoms with Crippen LogP contribution in [0.5, 0.6) is 5.75 Å². The van der Waals surface area contributed by atoms with Crippen LogP contribution in [0.15, 0.2) is 24.3 Å². The van der Waals surface area contributed by atoms with Crippen LogP contribution in [0, 0.1) is 0 Å². The van der Waals surface area contributed by atoms with Gasteiger partial charge in [0.15, 0.2) is 0 Å². The molecule has 1 saturated heterocycles. The summed E-state index contributed by atoms with van der Waals surface area (Å²) in [6.45, 7) is 3.61. The number of piperidine rings is 1. The Bertz CT molecular complexity index is 381. The van der Waals surface area contributed by atoms with Crippen molar-refractivity contribution in [2.45, 2.75) is 31.7 Å². The molecular formula is C16H26N2O2. The lowest BCUT2D eigenvalue weighted by Crippen LogP contribution is -2.42. The predicted molar refractivity (Wildman–Crippen MR) is 82.5 cm³/mol. The predicted octanol–water partition coefficient (Wildman–Crippen LogP) is 2.42. The molecule has 1 aliphatic rings. The Balaban J connectivity index is 1.77. The van der Waals surface area contributed by atoms with Gasteiger partial charge in [0.2, 0.25) is 0 Å². The number of nitrogens with two attached hydrogens (primary N) is 1. The zero-order valence-corrected chi connectivity index (χ0v) is 12.4. The quantitative estimate of drug-likeness (QED) is 0.778. The van der Waals surface area contributed by atoms with Crippen molar-refractivity contribution in [3.05, 3.63) is 24.3 Å². The number of unbranched alkanes of at least 4 members (excludes halogenated alkanes) is 1. The number of rotatable bonds is 7. The van der Waals surface area contributed by atoms with Crippen LogP contribution >= 0.6 is 0 Å². The van der Waals surface area contributed by atoms with Crippen LogP contribution in [-0.4, -0.2) is 39.5 Å². The standard InChI is InChI=1S/C16H26N2O2/c1-19-11-2-3-12-20-16-8-6-15(7-9-16)18-10-4-5-14(17)13-18/h6-9,14H,2-5,10-13,17H2,1H3. The lowest BCUT2D eigenvalue weighted by atomic mass is 10.1. The first-order valence-corrected chi connectivity index (χ1v) is 7.52. The molecule has 0 radical (unpaired) electrons. The molecule has 4 nitrogen and oxygen atoms in total. The summed E-state index contributed by atoms with van der Waals surface area (Å²) in [5, 5.41) is 0. The molecule has 0 amide bonds. The lowest BCUT2D eigenvalue weighted by Gasteiger charge is -2.32. The van der Waals surface area contributed by atoms with E-state index in [2.05, 4.69) is 17.0 Å². The van der Waals surface area contributed by atoms with Gasteiger partial charge in [-0.15, -0.1) is 0 Å². The normalized spacial score (nSPS) is 19.1. The lowest BCUT2D eigenvalue weighted by molar-refractivity contribution is 0.184. The number of benzene rings is 1. The van der Waals surface area contributed by atoms with Gasteiger partial charge in [0.05, 0.1) is 6.61 Å². The van der Waals surface area contributed by atoms with Gasteiger partial charge in [-0.05, 0) is 49.9 Å². The van der Waals surface area contributed by atoms with E-state index in [0.29, 0.717) is 6.04 Å². The number of hydrogen-bond donors (Lipinski definition) is 1. The van der Waals surface area contributed by atoms with Gasteiger partial charge in [0.1, 0.15) is 5.75 Å². The average Bonchev–Trinajstić information content (AvgIpc) is 2.48. The van der Waals surface area contributed by atoms with Crippen LogP contribution < -0.4 is 15.4 Å².